The molecule has 1 N–H and O–H groups in total. The third-order valence-corrected chi connectivity index (χ3v) is 4.42. The molecular weight excluding hydrogens is 252 g/mol. The van der Waals surface area contributed by atoms with Crippen molar-refractivity contribution < 1.29 is 13.2 Å². The summed E-state index contributed by atoms with van der Waals surface area (Å²) in [6, 6.07) is 0.160. The number of hydrogen-bond acceptors (Lipinski definition) is 4. The Kier molecular flexibility index (Phi) is 8.18. The molecule has 108 valence electrons. The standard InChI is InChI=1S/C12H26N2O3S/c1-5-13-11(4)8-9-18(16,17)10-12(15)14(6-2)7-3/h11,13H,5-10H2,1-4H3. The van der Waals surface area contributed by atoms with Crippen LogP contribution in [0.4, 0.5) is 0 Å². The van der Waals surface area contributed by atoms with Gasteiger partial charge in [-0.1, -0.05) is 6.92 Å². The zero-order valence-electron chi connectivity index (χ0n) is 11.9. The van der Waals surface area contributed by atoms with Crippen molar-refractivity contribution in [2.45, 2.75) is 40.2 Å². The van der Waals surface area contributed by atoms with Gasteiger partial charge in [0, 0.05) is 19.1 Å². The minimum Gasteiger partial charge on any atom is -0.342 e. The van der Waals surface area contributed by atoms with Gasteiger partial charge in [0.15, 0.2) is 9.84 Å². The Labute approximate surface area is 111 Å². The van der Waals surface area contributed by atoms with Crippen LogP contribution in [0.1, 0.15) is 34.1 Å². The number of nitrogens with one attached hydrogen (secondary N) is 1. The van der Waals surface area contributed by atoms with Crippen LogP contribution in [0.5, 0.6) is 0 Å². The molecule has 0 aliphatic carbocycles. The highest BCUT2D eigenvalue weighted by Gasteiger charge is 2.20. The Balaban J connectivity index is 4.27. The van der Waals surface area contributed by atoms with Gasteiger partial charge in [-0.3, -0.25) is 4.79 Å². The number of hydrogen-bond donors (Lipinski definition) is 1. The molecular formula is C12H26N2O3S. The van der Waals surface area contributed by atoms with Crippen molar-refractivity contribution in [3.05, 3.63) is 0 Å². The van der Waals surface area contributed by atoms with E-state index in [0.717, 1.165) is 6.54 Å². The summed E-state index contributed by atoms with van der Waals surface area (Å²) in [6.45, 7) is 9.56. The number of sulfone groups is 1. The summed E-state index contributed by atoms with van der Waals surface area (Å²) in [5, 5.41) is 3.16. The van der Waals surface area contributed by atoms with E-state index in [-0.39, 0.29) is 23.5 Å². The fraction of sp³-hybridized carbons (Fsp3) is 0.917. The summed E-state index contributed by atoms with van der Waals surface area (Å²) >= 11 is 0. The topological polar surface area (TPSA) is 66.5 Å². The van der Waals surface area contributed by atoms with Gasteiger partial charge in [-0.25, -0.2) is 8.42 Å². The number of carbonyl (C=O) groups excluding carboxylic acids is 1. The van der Waals surface area contributed by atoms with Crippen molar-refractivity contribution in [1.82, 2.24) is 10.2 Å². The molecule has 18 heavy (non-hydrogen) atoms. The highest BCUT2D eigenvalue weighted by atomic mass is 32.2. The largest absolute Gasteiger partial charge is 0.342 e. The average Bonchev–Trinajstić information content (AvgIpc) is 2.28. The van der Waals surface area contributed by atoms with E-state index in [1.807, 2.05) is 27.7 Å². The Morgan fingerprint density at radius 1 is 1.22 bits per heavy atom. The molecule has 0 fully saturated rings. The second-order valence-electron chi connectivity index (χ2n) is 4.41. The summed E-state index contributed by atoms with van der Waals surface area (Å²) < 4.78 is 23.6. The highest BCUT2D eigenvalue weighted by molar-refractivity contribution is 7.92. The summed E-state index contributed by atoms with van der Waals surface area (Å²) in [5.74, 6) is -0.599. The van der Waals surface area contributed by atoms with Crippen LogP contribution >= 0.6 is 0 Å². The van der Waals surface area contributed by atoms with E-state index in [0.29, 0.717) is 19.5 Å². The van der Waals surface area contributed by atoms with Gasteiger partial charge in [-0.2, -0.15) is 0 Å². The zero-order valence-corrected chi connectivity index (χ0v) is 12.7. The van der Waals surface area contributed by atoms with Crippen molar-refractivity contribution in [1.29, 1.82) is 0 Å². The van der Waals surface area contributed by atoms with E-state index >= 15 is 0 Å². The third-order valence-electron chi connectivity index (χ3n) is 2.87. The fourth-order valence-electron chi connectivity index (χ4n) is 1.73. The molecule has 5 nitrogen and oxygen atoms in total. The van der Waals surface area contributed by atoms with E-state index in [1.165, 1.54) is 0 Å². The highest BCUT2D eigenvalue weighted by Crippen LogP contribution is 2.01. The molecule has 0 heterocycles. The molecule has 0 bridgehead atoms. The van der Waals surface area contributed by atoms with E-state index in [2.05, 4.69) is 5.32 Å². The van der Waals surface area contributed by atoms with Crippen LogP contribution < -0.4 is 5.32 Å². The minimum atomic E-state index is -3.29. The zero-order chi connectivity index (χ0) is 14.2. The Hall–Kier alpha value is -0.620. The molecule has 0 aliphatic heterocycles. The molecule has 0 rings (SSSR count). The smallest absolute Gasteiger partial charge is 0.237 e. The van der Waals surface area contributed by atoms with Gasteiger partial charge >= 0.3 is 0 Å². The van der Waals surface area contributed by atoms with Gasteiger partial charge in [0.05, 0.1) is 5.75 Å². The number of amides is 1. The first-order chi connectivity index (χ1) is 8.36. The predicted molar refractivity (Wildman–Crippen MR) is 74.3 cm³/mol. The number of carbonyl (C=O) groups is 1. The Bertz CT molecular complexity index is 337. The molecule has 1 unspecified atom stereocenters. The first-order valence-electron chi connectivity index (χ1n) is 6.57. The van der Waals surface area contributed by atoms with Crippen molar-refractivity contribution in [3.63, 3.8) is 0 Å². The van der Waals surface area contributed by atoms with Crippen LogP contribution in [-0.4, -0.2) is 56.4 Å². The number of rotatable bonds is 9. The maximum atomic E-state index is 11.8. The van der Waals surface area contributed by atoms with Crippen LogP contribution in [0.15, 0.2) is 0 Å². The molecule has 0 aromatic rings. The maximum absolute atomic E-state index is 11.8. The first-order valence-corrected chi connectivity index (χ1v) is 8.39. The molecule has 6 heteroatoms. The number of nitrogens with zero attached hydrogens (tertiary/aromatic N) is 1. The van der Waals surface area contributed by atoms with E-state index < -0.39 is 9.84 Å². The SMILES string of the molecule is CCNC(C)CCS(=O)(=O)CC(=O)N(CC)CC. The summed E-state index contributed by atoms with van der Waals surface area (Å²) in [5.41, 5.74) is 0. The van der Waals surface area contributed by atoms with Crippen LogP contribution in [0, 0.1) is 0 Å². The van der Waals surface area contributed by atoms with E-state index in [1.54, 1.807) is 4.90 Å². The second-order valence-corrected chi connectivity index (χ2v) is 6.59. The fourth-order valence-corrected chi connectivity index (χ4v) is 3.15. The first kappa shape index (κ1) is 17.4. The van der Waals surface area contributed by atoms with Crippen LogP contribution in [0.3, 0.4) is 0 Å². The lowest BCUT2D eigenvalue weighted by atomic mass is 10.3. The summed E-state index contributed by atoms with van der Waals surface area (Å²) in [7, 11) is -3.29. The molecule has 0 spiro atoms. The van der Waals surface area contributed by atoms with Crippen molar-refractivity contribution in [2.24, 2.45) is 0 Å². The lowest BCUT2D eigenvalue weighted by molar-refractivity contribution is -0.128. The molecule has 0 saturated heterocycles. The van der Waals surface area contributed by atoms with Crippen LogP contribution in [-0.2, 0) is 14.6 Å². The van der Waals surface area contributed by atoms with Gasteiger partial charge < -0.3 is 10.2 Å². The van der Waals surface area contributed by atoms with Crippen molar-refractivity contribution in [2.75, 3.05) is 31.1 Å². The molecule has 1 amide bonds. The van der Waals surface area contributed by atoms with Gasteiger partial charge in [0.1, 0.15) is 5.75 Å². The van der Waals surface area contributed by atoms with Gasteiger partial charge in [0.2, 0.25) is 5.91 Å². The minimum absolute atomic E-state index is 0.0637. The molecule has 0 aromatic carbocycles. The monoisotopic (exact) mass is 278 g/mol. The molecule has 0 aromatic heterocycles. The molecule has 0 aliphatic rings. The quantitative estimate of drug-likeness (QED) is 0.673. The van der Waals surface area contributed by atoms with Gasteiger partial charge in [0.25, 0.3) is 0 Å². The Morgan fingerprint density at radius 3 is 2.22 bits per heavy atom. The normalized spacial score (nSPS) is 13.3. The third kappa shape index (κ3) is 6.96. The average molecular weight is 278 g/mol. The maximum Gasteiger partial charge on any atom is 0.237 e. The van der Waals surface area contributed by atoms with E-state index in [9.17, 15) is 13.2 Å². The van der Waals surface area contributed by atoms with Crippen molar-refractivity contribution in [3.8, 4) is 0 Å². The summed E-state index contributed by atoms with van der Waals surface area (Å²) in [4.78, 5) is 13.3. The van der Waals surface area contributed by atoms with Crippen LogP contribution in [0.25, 0.3) is 0 Å². The lowest BCUT2D eigenvalue weighted by Gasteiger charge is -2.19. The summed E-state index contributed by atoms with van der Waals surface area (Å²) in [6.07, 6.45) is 0.543. The van der Waals surface area contributed by atoms with E-state index in [4.69, 9.17) is 0 Å². The van der Waals surface area contributed by atoms with Gasteiger partial charge in [-0.15, -0.1) is 0 Å². The lowest BCUT2D eigenvalue weighted by Crippen LogP contribution is -2.36. The Morgan fingerprint density at radius 2 is 1.78 bits per heavy atom. The van der Waals surface area contributed by atoms with Crippen LogP contribution in [0.2, 0.25) is 0 Å². The molecule has 0 radical (unpaired) electrons. The molecule has 0 saturated carbocycles. The molecule has 1 atom stereocenters. The predicted octanol–water partition coefficient (Wildman–Crippen LogP) is 0.658. The second kappa shape index (κ2) is 8.48. The van der Waals surface area contributed by atoms with Gasteiger partial charge in [-0.05, 0) is 33.7 Å². The van der Waals surface area contributed by atoms with Crippen molar-refractivity contribution >= 4 is 15.7 Å².